The minimum Gasteiger partial charge on any atom is -0.296 e. The lowest BCUT2D eigenvalue weighted by Crippen LogP contribution is -2.25. The highest BCUT2D eigenvalue weighted by Crippen LogP contribution is 2.12. The van der Waals surface area contributed by atoms with Crippen LogP contribution < -0.4 is 0 Å². The highest BCUT2D eigenvalue weighted by atomic mass is 19.1. The van der Waals surface area contributed by atoms with E-state index in [9.17, 15) is 18.4 Å². The van der Waals surface area contributed by atoms with Gasteiger partial charge in [-0.15, -0.1) is 0 Å². The molecule has 0 spiro atoms. The molecule has 0 aromatic heterocycles. The van der Waals surface area contributed by atoms with Crippen LogP contribution in [0.2, 0.25) is 0 Å². The van der Waals surface area contributed by atoms with Crippen molar-refractivity contribution in [2.45, 2.75) is 19.5 Å². The number of Topliss-reactive ketones (excluding diaryl/α,β-unsaturated/α-hetero) is 2. The monoisotopic (exact) mass is 212 g/mol. The molecule has 2 nitrogen and oxygen atoms in total. The molecular formula is C11H10F2O2. The second-order valence-electron chi connectivity index (χ2n) is 3.03. The molecule has 0 fully saturated rings. The van der Waals surface area contributed by atoms with Gasteiger partial charge in [-0.05, 0) is 12.1 Å². The van der Waals surface area contributed by atoms with Crippen molar-refractivity contribution in [1.82, 2.24) is 0 Å². The van der Waals surface area contributed by atoms with E-state index in [4.69, 9.17) is 0 Å². The summed E-state index contributed by atoms with van der Waals surface area (Å²) in [6.45, 7) is 1.45. The normalized spacial score (nSPS) is 12.2. The van der Waals surface area contributed by atoms with Crippen LogP contribution in [-0.4, -0.2) is 17.7 Å². The maximum absolute atomic E-state index is 13.2. The molecule has 0 N–H and O–H groups in total. The van der Waals surface area contributed by atoms with Gasteiger partial charge in [-0.1, -0.05) is 19.1 Å². The summed E-state index contributed by atoms with van der Waals surface area (Å²) in [6.07, 6.45) is -2.34. The Morgan fingerprint density at radius 2 is 1.93 bits per heavy atom. The number of hydrogen-bond acceptors (Lipinski definition) is 2. The van der Waals surface area contributed by atoms with Crippen LogP contribution in [0.15, 0.2) is 24.3 Å². The molecule has 1 atom stereocenters. The van der Waals surface area contributed by atoms with Gasteiger partial charge in [0.15, 0.2) is 5.78 Å². The van der Waals surface area contributed by atoms with Crippen molar-refractivity contribution in [1.29, 1.82) is 0 Å². The van der Waals surface area contributed by atoms with Crippen molar-refractivity contribution in [3.63, 3.8) is 0 Å². The van der Waals surface area contributed by atoms with Crippen molar-refractivity contribution in [3.8, 4) is 0 Å². The lowest BCUT2D eigenvalue weighted by Gasteiger charge is -2.05. The number of ketones is 2. The molecular weight excluding hydrogens is 202 g/mol. The molecule has 0 bridgehead atoms. The first-order valence-corrected chi connectivity index (χ1v) is 4.53. The van der Waals surface area contributed by atoms with Gasteiger partial charge >= 0.3 is 0 Å². The van der Waals surface area contributed by atoms with E-state index >= 15 is 0 Å². The number of rotatable bonds is 4. The van der Waals surface area contributed by atoms with Gasteiger partial charge in [0.2, 0.25) is 12.0 Å². The fraction of sp³-hybridized carbons (Fsp3) is 0.273. The highest BCUT2D eigenvalue weighted by Gasteiger charge is 2.27. The Balaban J connectivity index is 2.95. The Hall–Kier alpha value is -1.58. The number of halogens is 2. The Kier molecular flexibility index (Phi) is 3.66. The number of benzene rings is 1. The van der Waals surface area contributed by atoms with Gasteiger partial charge in [0.25, 0.3) is 0 Å². The lowest BCUT2D eigenvalue weighted by molar-refractivity contribution is -0.121. The van der Waals surface area contributed by atoms with E-state index in [1.54, 1.807) is 0 Å². The van der Waals surface area contributed by atoms with Gasteiger partial charge < -0.3 is 0 Å². The van der Waals surface area contributed by atoms with Crippen molar-refractivity contribution in [2.24, 2.45) is 0 Å². The van der Waals surface area contributed by atoms with Crippen LogP contribution in [-0.2, 0) is 4.79 Å². The first-order chi connectivity index (χ1) is 7.07. The van der Waals surface area contributed by atoms with Crippen molar-refractivity contribution < 1.29 is 18.4 Å². The topological polar surface area (TPSA) is 34.1 Å². The molecule has 1 aromatic rings. The molecule has 4 heteroatoms. The Labute approximate surface area is 85.9 Å². The van der Waals surface area contributed by atoms with Gasteiger partial charge in [0.1, 0.15) is 5.82 Å². The number of carbonyl (C=O) groups excluding carboxylic acids is 2. The van der Waals surface area contributed by atoms with Crippen molar-refractivity contribution >= 4 is 11.6 Å². The summed E-state index contributed by atoms with van der Waals surface area (Å²) in [5.74, 6) is -2.75. The second kappa shape index (κ2) is 4.77. The number of carbonyl (C=O) groups is 2. The smallest absolute Gasteiger partial charge is 0.220 e. The van der Waals surface area contributed by atoms with Crippen LogP contribution in [0.4, 0.5) is 8.78 Å². The first kappa shape index (κ1) is 11.5. The fourth-order valence-electron chi connectivity index (χ4n) is 1.12. The SMILES string of the molecule is CCC(=O)C(F)C(=O)c1ccccc1F. The van der Waals surface area contributed by atoms with Crippen LogP contribution in [0.5, 0.6) is 0 Å². The second-order valence-corrected chi connectivity index (χ2v) is 3.03. The number of alkyl halides is 1. The third kappa shape index (κ3) is 2.46. The van der Waals surface area contributed by atoms with E-state index in [0.717, 1.165) is 12.1 Å². The molecule has 0 saturated carbocycles. The van der Waals surface area contributed by atoms with E-state index in [1.165, 1.54) is 19.1 Å². The summed E-state index contributed by atoms with van der Waals surface area (Å²) < 4.78 is 26.3. The molecule has 0 radical (unpaired) electrons. The van der Waals surface area contributed by atoms with Gasteiger partial charge in [-0.25, -0.2) is 8.78 Å². The van der Waals surface area contributed by atoms with E-state index in [2.05, 4.69) is 0 Å². The predicted octanol–water partition coefficient (Wildman–Crippen LogP) is 2.33. The minimum atomic E-state index is -2.26. The van der Waals surface area contributed by atoms with Crippen LogP contribution in [0.25, 0.3) is 0 Å². The molecule has 1 unspecified atom stereocenters. The third-order valence-electron chi connectivity index (χ3n) is 2.00. The molecule has 1 aromatic carbocycles. The third-order valence-corrected chi connectivity index (χ3v) is 2.00. The first-order valence-electron chi connectivity index (χ1n) is 4.53. The van der Waals surface area contributed by atoms with Crippen LogP contribution in [0.1, 0.15) is 23.7 Å². The Morgan fingerprint density at radius 3 is 2.47 bits per heavy atom. The van der Waals surface area contributed by atoms with E-state index in [0.29, 0.717) is 0 Å². The van der Waals surface area contributed by atoms with E-state index in [1.807, 2.05) is 0 Å². The van der Waals surface area contributed by atoms with Crippen molar-refractivity contribution in [3.05, 3.63) is 35.6 Å². The van der Waals surface area contributed by atoms with Gasteiger partial charge in [-0.3, -0.25) is 9.59 Å². The molecule has 0 heterocycles. The molecule has 0 aliphatic carbocycles. The zero-order valence-corrected chi connectivity index (χ0v) is 8.17. The maximum atomic E-state index is 13.2. The van der Waals surface area contributed by atoms with E-state index in [-0.39, 0.29) is 12.0 Å². The van der Waals surface area contributed by atoms with Crippen LogP contribution >= 0.6 is 0 Å². The summed E-state index contributed by atoms with van der Waals surface area (Å²) in [5, 5.41) is 0. The molecule has 80 valence electrons. The molecule has 1 rings (SSSR count). The fourth-order valence-corrected chi connectivity index (χ4v) is 1.12. The van der Waals surface area contributed by atoms with Gasteiger partial charge in [0, 0.05) is 6.42 Å². The van der Waals surface area contributed by atoms with Gasteiger partial charge in [0.05, 0.1) is 5.56 Å². The Bertz CT molecular complexity index is 388. The van der Waals surface area contributed by atoms with Gasteiger partial charge in [-0.2, -0.15) is 0 Å². The van der Waals surface area contributed by atoms with Crippen molar-refractivity contribution in [2.75, 3.05) is 0 Å². The largest absolute Gasteiger partial charge is 0.296 e. The summed E-state index contributed by atoms with van der Waals surface area (Å²) in [6, 6.07) is 5.02. The summed E-state index contributed by atoms with van der Waals surface area (Å²) in [5.41, 5.74) is -0.383. The van der Waals surface area contributed by atoms with Crippen LogP contribution in [0.3, 0.4) is 0 Å². The van der Waals surface area contributed by atoms with E-state index < -0.39 is 23.6 Å². The maximum Gasteiger partial charge on any atom is 0.220 e. The minimum absolute atomic E-state index is 0.0820. The molecule has 0 amide bonds. The standard InChI is InChI=1S/C11H10F2O2/c1-2-9(14)10(13)11(15)7-5-3-4-6-8(7)12/h3-6,10H,2H2,1H3. The highest BCUT2D eigenvalue weighted by molar-refractivity contribution is 6.13. The zero-order valence-electron chi connectivity index (χ0n) is 8.17. The Morgan fingerprint density at radius 1 is 1.33 bits per heavy atom. The molecule has 0 aliphatic rings. The predicted molar refractivity (Wildman–Crippen MR) is 50.9 cm³/mol. The lowest BCUT2D eigenvalue weighted by atomic mass is 10.0. The molecule has 15 heavy (non-hydrogen) atoms. The quantitative estimate of drug-likeness (QED) is 0.567. The molecule has 0 aliphatic heterocycles. The average Bonchev–Trinajstić information content (AvgIpc) is 2.26. The average molecular weight is 212 g/mol. The van der Waals surface area contributed by atoms with Crippen LogP contribution in [0, 0.1) is 5.82 Å². The summed E-state index contributed by atoms with van der Waals surface area (Å²) in [4.78, 5) is 22.2. The number of hydrogen-bond donors (Lipinski definition) is 0. The summed E-state index contributed by atoms with van der Waals surface area (Å²) in [7, 11) is 0. The zero-order chi connectivity index (χ0) is 11.4. The summed E-state index contributed by atoms with van der Waals surface area (Å²) >= 11 is 0. The molecule has 0 saturated heterocycles.